The number of benzene rings is 1. The summed E-state index contributed by atoms with van der Waals surface area (Å²) >= 11 is 7.46. The van der Waals surface area contributed by atoms with E-state index in [4.69, 9.17) is 16.3 Å². The molecule has 1 aromatic carbocycles. The van der Waals surface area contributed by atoms with E-state index in [0.29, 0.717) is 27.5 Å². The largest absolute Gasteiger partial charge is 0.495 e. The van der Waals surface area contributed by atoms with Crippen molar-refractivity contribution in [2.45, 2.75) is 25.2 Å². The molecule has 2 aromatic rings. The lowest BCUT2D eigenvalue weighted by atomic mass is 10.1. The van der Waals surface area contributed by atoms with Gasteiger partial charge in [-0.3, -0.25) is 9.59 Å². The van der Waals surface area contributed by atoms with Crippen LogP contribution in [-0.2, 0) is 9.59 Å². The van der Waals surface area contributed by atoms with Crippen LogP contribution < -0.4 is 15.0 Å². The van der Waals surface area contributed by atoms with E-state index in [1.165, 1.54) is 18.4 Å². The lowest BCUT2D eigenvalue weighted by Gasteiger charge is -2.19. The van der Waals surface area contributed by atoms with E-state index in [0.717, 1.165) is 17.8 Å². The van der Waals surface area contributed by atoms with Gasteiger partial charge in [0, 0.05) is 23.9 Å². The quantitative estimate of drug-likeness (QED) is 0.845. The number of carbonyl (C=O) groups excluding carboxylic acids is 2. The highest BCUT2D eigenvalue weighted by atomic mass is 35.5. The number of rotatable bonds is 5. The van der Waals surface area contributed by atoms with Crippen molar-refractivity contribution in [2.75, 3.05) is 23.9 Å². The molecule has 4 rings (SSSR count). The summed E-state index contributed by atoms with van der Waals surface area (Å²) in [6, 6.07) is 5.08. The zero-order valence-corrected chi connectivity index (χ0v) is 15.6. The Labute approximate surface area is 159 Å². The molecule has 0 bridgehead atoms. The number of halogens is 1. The fourth-order valence-corrected chi connectivity index (χ4v) is 4.06. The maximum atomic E-state index is 12.5. The highest BCUT2D eigenvalue weighted by Gasteiger charge is 2.37. The molecule has 2 fully saturated rings. The average molecular weight is 393 g/mol. The second-order valence-electron chi connectivity index (χ2n) is 6.43. The Morgan fingerprint density at radius 3 is 2.92 bits per heavy atom. The van der Waals surface area contributed by atoms with Gasteiger partial charge in [0.2, 0.25) is 16.9 Å². The number of hydrogen-bond acceptors (Lipinski definition) is 6. The highest BCUT2D eigenvalue weighted by Crippen LogP contribution is 2.42. The average Bonchev–Trinajstić information content (AvgIpc) is 3.25. The number of carbonyl (C=O) groups is 2. The van der Waals surface area contributed by atoms with E-state index in [9.17, 15) is 9.59 Å². The minimum Gasteiger partial charge on any atom is -0.495 e. The second kappa shape index (κ2) is 6.85. The Morgan fingerprint density at radius 2 is 2.19 bits per heavy atom. The van der Waals surface area contributed by atoms with Crippen molar-refractivity contribution in [3.63, 3.8) is 0 Å². The van der Waals surface area contributed by atoms with E-state index in [1.54, 1.807) is 23.1 Å². The van der Waals surface area contributed by atoms with Gasteiger partial charge in [-0.05, 0) is 31.0 Å². The number of aromatic nitrogens is 2. The van der Waals surface area contributed by atoms with E-state index in [1.807, 2.05) is 0 Å². The third-order valence-corrected chi connectivity index (χ3v) is 5.76. The fraction of sp³-hybridized carbons (Fsp3) is 0.412. The van der Waals surface area contributed by atoms with E-state index in [2.05, 4.69) is 15.5 Å². The van der Waals surface area contributed by atoms with E-state index in [-0.39, 0.29) is 24.8 Å². The number of nitrogens with one attached hydrogen (secondary N) is 1. The van der Waals surface area contributed by atoms with Crippen LogP contribution in [0.15, 0.2) is 18.2 Å². The lowest BCUT2D eigenvalue weighted by Crippen LogP contribution is -2.28. The number of amides is 2. The first-order valence-corrected chi connectivity index (χ1v) is 9.52. The normalized spacial score (nSPS) is 19.7. The topological polar surface area (TPSA) is 84.4 Å². The van der Waals surface area contributed by atoms with Gasteiger partial charge >= 0.3 is 0 Å². The van der Waals surface area contributed by atoms with Crippen molar-refractivity contribution in [3.05, 3.63) is 28.2 Å². The monoisotopic (exact) mass is 392 g/mol. The molecular formula is C17H17ClN4O3S. The third kappa shape index (κ3) is 3.39. The molecule has 2 heterocycles. The minimum atomic E-state index is -0.459. The number of hydrogen-bond donors (Lipinski definition) is 1. The standard InChI is InChI=1S/C17H17ClN4O3S/c1-25-13-5-4-11(18)7-12(13)22-8-10(6-14(22)23)15(24)19-17-21-20-16(26-17)9-2-3-9/h4-5,7,9-10H,2-3,6,8H2,1H3,(H,19,21,24). The number of anilines is 2. The Balaban J connectivity index is 1.46. The lowest BCUT2D eigenvalue weighted by molar-refractivity contribution is -0.122. The summed E-state index contributed by atoms with van der Waals surface area (Å²) in [6.45, 7) is 0.273. The molecule has 1 saturated carbocycles. The van der Waals surface area contributed by atoms with Crippen molar-refractivity contribution in [1.29, 1.82) is 0 Å². The van der Waals surface area contributed by atoms with Crippen LogP contribution in [0.2, 0.25) is 5.02 Å². The maximum absolute atomic E-state index is 12.5. The Morgan fingerprint density at radius 1 is 1.38 bits per heavy atom. The van der Waals surface area contributed by atoms with Crippen molar-refractivity contribution in [2.24, 2.45) is 5.92 Å². The molecular weight excluding hydrogens is 376 g/mol. The summed E-state index contributed by atoms with van der Waals surface area (Å²) in [5.74, 6) is 0.223. The zero-order valence-electron chi connectivity index (χ0n) is 14.1. The summed E-state index contributed by atoms with van der Waals surface area (Å²) in [5.41, 5.74) is 0.576. The molecule has 1 atom stereocenters. The van der Waals surface area contributed by atoms with Gasteiger partial charge in [0.1, 0.15) is 10.8 Å². The molecule has 9 heteroatoms. The first kappa shape index (κ1) is 17.2. The first-order valence-electron chi connectivity index (χ1n) is 8.33. The van der Waals surface area contributed by atoms with Crippen LogP contribution in [0.3, 0.4) is 0 Å². The molecule has 1 aliphatic carbocycles. The zero-order chi connectivity index (χ0) is 18.3. The number of ether oxygens (including phenoxy) is 1. The van der Waals surface area contributed by atoms with Crippen molar-refractivity contribution < 1.29 is 14.3 Å². The van der Waals surface area contributed by atoms with Crippen LogP contribution in [0.4, 0.5) is 10.8 Å². The maximum Gasteiger partial charge on any atom is 0.231 e. The first-order chi connectivity index (χ1) is 12.5. The molecule has 1 aliphatic heterocycles. The predicted molar refractivity (Wildman–Crippen MR) is 99.0 cm³/mol. The van der Waals surface area contributed by atoms with Crippen molar-refractivity contribution in [1.82, 2.24) is 10.2 Å². The Bertz CT molecular complexity index is 867. The summed E-state index contributed by atoms with van der Waals surface area (Å²) in [7, 11) is 1.53. The van der Waals surface area contributed by atoms with Crippen LogP contribution in [0.1, 0.15) is 30.2 Å². The summed E-state index contributed by atoms with van der Waals surface area (Å²) in [5, 5.41) is 12.9. The summed E-state index contributed by atoms with van der Waals surface area (Å²) < 4.78 is 5.31. The molecule has 2 amide bonds. The predicted octanol–water partition coefficient (Wildman–Crippen LogP) is 3.07. The molecule has 136 valence electrons. The van der Waals surface area contributed by atoms with Gasteiger partial charge < -0.3 is 15.0 Å². The van der Waals surface area contributed by atoms with Crippen molar-refractivity contribution >= 4 is 45.6 Å². The van der Waals surface area contributed by atoms with Gasteiger partial charge in [-0.2, -0.15) is 0 Å². The van der Waals surface area contributed by atoms with Gasteiger partial charge in [0.25, 0.3) is 0 Å². The molecule has 1 saturated heterocycles. The molecule has 1 N–H and O–H groups in total. The van der Waals surface area contributed by atoms with E-state index >= 15 is 0 Å². The molecule has 7 nitrogen and oxygen atoms in total. The van der Waals surface area contributed by atoms with Gasteiger partial charge in [-0.1, -0.05) is 22.9 Å². The van der Waals surface area contributed by atoms with Crippen molar-refractivity contribution in [3.8, 4) is 5.75 Å². The van der Waals surface area contributed by atoms with Crippen LogP contribution >= 0.6 is 22.9 Å². The molecule has 1 unspecified atom stereocenters. The number of nitrogens with zero attached hydrogens (tertiary/aromatic N) is 3. The summed E-state index contributed by atoms with van der Waals surface area (Å²) in [6.07, 6.45) is 2.40. The van der Waals surface area contributed by atoms with Crippen LogP contribution in [0.5, 0.6) is 5.75 Å². The highest BCUT2D eigenvalue weighted by molar-refractivity contribution is 7.15. The smallest absolute Gasteiger partial charge is 0.231 e. The molecule has 2 aliphatic rings. The second-order valence-corrected chi connectivity index (χ2v) is 7.88. The van der Waals surface area contributed by atoms with Gasteiger partial charge in [-0.25, -0.2) is 0 Å². The third-order valence-electron chi connectivity index (χ3n) is 4.52. The molecule has 1 aromatic heterocycles. The van der Waals surface area contributed by atoms with Crippen LogP contribution in [0.25, 0.3) is 0 Å². The Hall–Kier alpha value is -2.19. The van der Waals surface area contributed by atoms with E-state index < -0.39 is 5.92 Å². The summed E-state index contributed by atoms with van der Waals surface area (Å²) in [4.78, 5) is 26.5. The molecule has 0 spiro atoms. The van der Waals surface area contributed by atoms with Crippen LogP contribution in [-0.4, -0.2) is 35.7 Å². The minimum absolute atomic E-state index is 0.135. The van der Waals surface area contributed by atoms with Gasteiger partial charge in [-0.15, -0.1) is 10.2 Å². The fourth-order valence-electron chi connectivity index (χ4n) is 2.98. The van der Waals surface area contributed by atoms with Gasteiger partial charge in [0.15, 0.2) is 0 Å². The molecule has 0 radical (unpaired) electrons. The van der Waals surface area contributed by atoms with Gasteiger partial charge in [0.05, 0.1) is 18.7 Å². The number of methoxy groups -OCH3 is 1. The van der Waals surface area contributed by atoms with Crippen LogP contribution in [0, 0.1) is 5.92 Å². The Kier molecular flexibility index (Phi) is 4.54. The molecule has 26 heavy (non-hydrogen) atoms. The SMILES string of the molecule is COc1ccc(Cl)cc1N1CC(C(=O)Nc2nnc(C3CC3)s2)CC1=O.